The Morgan fingerprint density at radius 3 is 2.92 bits per heavy atom. The van der Waals surface area contributed by atoms with Crippen LogP contribution in [-0.4, -0.2) is 22.3 Å². The van der Waals surface area contributed by atoms with Crippen LogP contribution in [0.5, 0.6) is 5.75 Å². The Bertz CT molecular complexity index is 853. The van der Waals surface area contributed by atoms with Crippen LogP contribution in [0.1, 0.15) is 9.75 Å². The zero-order valence-corrected chi connectivity index (χ0v) is 14.7. The van der Waals surface area contributed by atoms with Gasteiger partial charge in [0.1, 0.15) is 12.4 Å². The van der Waals surface area contributed by atoms with Gasteiger partial charge in [0.25, 0.3) is 0 Å². The van der Waals surface area contributed by atoms with E-state index in [0.29, 0.717) is 24.6 Å². The molecule has 0 bridgehead atoms. The van der Waals surface area contributed by atoms with Crippen LogP contribution in [0.3, 0.4) is 0 Å². The normalized spacial score (nSPS) is 10.9. The van der Waals surface area contributed by atoms with E-state index in [2.05, 4.69) is 10.4 Å². The van der Waals surface area contributed by atoms with Crippen LogP contribution < -0.4 is 10.1 Å². The van der Waals surface area contributed by atoms with Crippen molar-refractivity contribution in [2.75, 3.05) is 11.9 Å². The molecule has 0 aliphatic carbocycles. The molecule has 1 amide bonds. The Labute approximate surface area is 150 Å². The number of thiophene rings is 1. The van der Waals surface area contributed by atoms with Crippen molar-refractivity contribution in [2.45, 2.75) is 13.5 Å². The molecule has 0 aliphatic rings. The molecule has 0 unspecified atom stereocenters. The van der Waals surface area contributed by atoms with E-state index in [-0.39, 0.29) is 5.91 Å². The van der Waals surface area contributed by atoms with Gasteiger partial charge in [-0.15, -0.1) is 11.3 Å². The van der Waals surface area contributed by atoms with Gasteiger partial charge in [-0.1, -0.05) is 12.1 Å². The molecule has 3 aromatic rings. The molecule has 0 radical (unpaired) electrons. The number of benzene rings is 1. The number of nitrogens with zero attached hydrogens (tertiary/aromatic N) is 2. The molecule has 128 valence electrons. The van der Waals surface area contributed by atoms with E-state index < -0.39 is 0 Å². The van der Waals surface area contributed by atoms with Crippen LogP contribution in [0.25, 0.3) is 6.08 Å². The van der Waals surface area contributed by atoms with Crippen molar-refractivity contribution in [3.8, 4) is 5.75 Å². The highest BCUT2D eigenvalue weighted by atomic mass is 32.1. The van der Waals surface area contributed by atoms with Gasteiger partial charge in [0.15, 0.2) is 0 Å². The smallest absolute Gasteiger partial charge is 0.248 e. The Hall–Kier alpha value is -2.86. The third-order valence-electron chi connectivity index (χ3n) is 3.44. The Kier molecular flexibility index (Phi) is 5.64. The standard InChI is InChI=1S/C19H19N3O2S/c1-15-7-8-16(25-15)9-10-19(23)21-17-5-2-3-6-18(17)24-14-13-22-12-4-11-20-22/h2-12H,13-14H2,1H3,(H,21,23)/b10-9+. The monoisotopic (exact) mass is 353 g/mol. The van der Waals surface area contributed by atoms with Gasteiger partial charge in [0.05, 0.1) is 12.2 Å². The average molecular weight is 353 g/mol. The molecule has 1 aromatic carbocycles. The van der Waals surface area contributed by atoms with E-state index in [1.54, 1.807) is 22.2 Å². The summed E-state index contributed by atoms with van der Waals surface area (Å²) < 4.78 is 7.58. The van der Waals surface area contributed by atoms with Crippen LogP contribution in [0.2, 0.25) is 0 Å². The lowest BCUT2D eigenvalue weighted by Gasteiger charge is -2.11. The summed E-state index contributed by atoms with van der Waals surface area (Å²) in [4.78, 5) is 14.4. The first-order chi connectivity index (χ1) is 12.2. The fourth-order valence-electron chi connectivity index (χ4n) is 2.25. The van der Waals surface area contributed by atoms with Gasteiger partial charge >= 0.3 is 0 Å². The highest BCUT2D eigenvalue weighted by molar-refractivity contribution is 7.12. The fraction of sp³-hybridized carbons (Fsp3) is 0.158. The first kappa shape index (κ1) is 17.0. The van der Waals surface area contributed by atoms with Gasteiger partial charge in [-0.25, -0.2) is 0 Å². The summed E-state index contributed by atoms with van der Waals surface area (Å²) >= 11 is 1.65. The van der Waals surface area contributed by atoms with E-state index in [9.17, 15) is 4.79 Å². The highest BCUT2D eigenvalue weighted by Gasteiger charge is 2.06. The van der Waals surface area contributed by atoms with Gasteiger partial charge in [-0.3, -0.25) is 9.48 Å². The summed E-state index contributed by atoms with van der Waals surface area (Å²) in [5, 5.41) is 6.99. The number of hydrogen-bond acceptors (Lipinski definition) is 4. The summed E-state index contributed by atoms with van der Waals surface area (Å²) in [7, 11) is 0. The zero-order valence-electron chi connectivity index (χ0n) is 13.9. The van der Waals surface area contributed by atoms with Gasteiger partial charge in [0, 0.05) is 28.2 Å². The second-order valence-corrected chi connectivity index (χ2v) is 6.70. The second-order valence-electron chi connectivity index (χ2n) is 5.38. The Morgan fingerprint density at radius 1 is 1.28 bits per heavy atom. The molecule has 2 heterocycles. The number of carbonyl (C=O) groups is 1. The average Bonchev–Trinajstić information content (AvgIpc) is 3.26. The molecule has 0 atom stereocenters. The lowest BCUT2D eigenvalue weighted by Crippen LogP contribution is -2.12. The largest absolute Gasteiger partial charge is 0.489 e. The number of amides is 1. The number of aryl methyl sites for hydroxylation is 1. The number of carbonyl (C=O) groups excluding carboxylic acids is 1. The van der Waals surface area contributed by atoms with E-state index >= 15 is 0 Å². The van der Waals surface area contributed by atoms with Crippen molar-refractivity contribution in [3.05, 3.63) is 70.7 Å². The molecule has 0 aliphatic heterocycles. The van der Waals surface area contributed by atoms with Gasteiger partial charge < -0.3 is 10.1 Å². The second kappa shape index (κ2) is 8.30. The number of hydrogen-bond donors (Lipinski definition) is 1. The minimum Gasteiger partial charge on any atom is -0.489 e. The minimum atomic E-state index is -0.186. The fourth-order valence-corrected chi connectivity index (χ4v) is 3.03. The number of nitrogens with one attached hydrogen (secondary N) is 1. The first-order valence-electron chi connectivity index (χ1n) is 7.95. The van der Waals surface area contributed by atoms with Crippen molar-refractivity contribution in [1.29, 1.82) is 0 Å². The topological polar surface area (TPSA) is 56.1 Å². The molecular weight excluding hydrogens is 334 g/mol. The van der Waals surface area contributed by atoms with Crippen LogP contribution in [0.4, 0.5) is 5.69 Å². The third-order valence-corrected chi connectivity index (χ3v) is 4.41. The summed E-state index contributed by atoms with van der Waals surface area (Å²) in [5.41, 5.74) is 0.653. The minimum absolute atomic E-state index is 0.186. The lowest BCUT2D eigenvalue weighted by molar-refractivity contribution is -0.111. The summed E-state index contributed by atoms with van der Waals surface area (Å²) in [6.07, 6.45) is 6.96. The zero-order chi connectivity index (χ0) is 17.5. The molecule has 1 N–H and O–H groups in total. The quantitative estimate of drug-likeness (QED) is 0.654. The maximum absolute atomic E-state index is 12.1. The first-order valence-corrected chi connectivity index (χ1v) is 8.77. The summed E-state index contributed by atoms with van der Waals surface area (Å²) in [6.45, 7) is 3.16. The van der Waals surface area contributed by atoms with Crippen molar-refractivity contribution in [1.82, 2.24) is 9.78 Å². The molecule has 0 spiro atoms. The van der Waals surface area contributed by atoms with E-state index in [1.165, 1.54) is 11.0 Å². The predicted octanol–water partition coefficient (Wildman–Crippen LogP) is 3.98. The number of para-hydroxylation sites is 2. The number of aromatic nitrogens is 2. The highest BCUT2D eigenvalue weighted by Crippen LogP contribution is 2.24. The third kappa shape index (κ3) is 5.06. The van der Waals surface area contributed by atoms with Crippen molar-refractivity contribution in [3.63, 3.8) is 0 Å². The van der Waals surface area contributed by atoms with Crippen molar-refractivity contribution >= 4 is 29.0 Å². The molecule has 6 heteroatoms. The molecule has 0 fully saturated rings. The maximum atomic E-state index is 12.1. The molecule has 0 saturated heterocycles. The SMILES string of the molecule is Cc1ccc(/C=C/C(=O)Nc2ccccc2OCCn2cccn2)s1. The summed E-state index contributed by atoms with van der Waals surface area (Å²) in [5.74, 6) is 0.456. The summed E-state index contributed by atoms with van der Waals surface area (Å²) in [6, 6.07) is 13.3. The van der Waals surface area contributed by atoms with E-state index in [0.717, 1.165) is 4.88 Å². The number of ether oxygens (including phenoxy) is 1. The molecule has 2 aromatic heterocycles. The molecule has 25 heavy (non-hydrogen) atoms. The molecule has 3 rings (SSSR count). The van der Waals surface area contributed by atoms with Crippen molar-refractivity contribution in [2.24, 2.45) is 0 Å². The Morgan fingerprint density at radius 2 is 2.16 bits per heavy atom. The number of anilines is 1. The van der Waals surface area contributed by atoms with Crippen LogP contribution in [-0.2, 0) is 11.3 Å². The van der Waals surface area contributed by atoms with Crippen LogP contribution in [0, 0.1) is 6.92 Å². The van der Waals surface area contributed by atoms with Gasteiger partial charge in [-0.2, -0.15) is 5.10 Å². The molecular formula is C19H19N3O2S. The van der Waals surface area contributed by atoms with Crippen molar-refractivity contribution < 1.29 is 9.53 Å². The Balaban J connectivity index is 1.58. The predicted molar refractivity (Wildman–Crippen MR) is 101 cm³/mol. The molecule has 0 saturated carbocycles. The van der Waals surface area contributed by atoms with E-state index in [4.69, 9.17) is 4.74 Å². The van der Waals surface area contributed by atoms with Crippen LogP contribution >= 0.6 is 11.3 Å². The van der Waals surface area contributed by atoms with Crippen LogP contribution in [0.15, 0.2) is 60.9 Å². The van der Waals surface area contributed by atoms with Gasteiger partial charge in [-0.05, 0) is 43.3 Å². The maximum Gasteiger partial charge on any atom is 0.248 e. The molecule has 5 nitrogen and oxygen atoms in total. The lowest BCUT2D eigenvalue weighted by atomic mass is 10.3. The van der Waals surface area contributed by atoms with Gasteiger partial charge in [0.2, 0.25) is 5.91 Å². The number of rotatable bonds is 7. The van der Waals surface area contributed by atoms with E-state index in [1.807, 2.05) is 61.7 Å².